The number of aryl methyl sites for hydroxylation is 2. The van der Waals surface area contributed by atoms with Gasteiger partial charge in [-0.3, -0.25) is 0 Å². The molecule has 2 aromatic rings. The van der Waals surface area contributed by atoms with E-state index >= 15 is 0 Å². The highest BCUT2D eigenvalue weighted by molar-refractivity contribution is 7.91. The molecule has 0 heterocycles. The van der Waals surface area contributed by atoms with Crippen molar-refractivity contribution in [3.05, 3.63) is 47.5 Å². The molecule has 0 fully saturated rings. The second-order valence-corrected chi connectivity index (χ2v) is 6.50. The number of methoxy groups -OCH3 is 1. The summed E-state index contributed by atoms with van der Waals surface area (Å²) in [6, 6.07) is 9.09. The van der Waals surface area contributed by atoms with E-state index in [1.165, 1.54) is 31.4 Å². The molecule has 0 aliphatic carbocycles. The molecule has 0 aliphatic heterocycles. The van der Waals surface area contributed by atoms with E-state index < -0.39 is 9.84 Å². The van der Waals surface area contributed by atoms with Crippen LogP contribution in [0.25, 0.3) is 0 Å². The standard InChI is InChI=1S/C15H16O4S/c1-10-9-13(5-6-14(10)16)20(17,18)15-7-4-12(19-3)8-11(15)2/h4-9,16H,1-3H3. The molecule has 20 heavy (non-hydrogen) atoms. The summed E-state index contributed by atoms with van der Waals surface area (Å²) < 4.78 is 30.3. The molecule has 4 nitrogen and oxygen atoms in total. The van der Waals surface area contributed by atoms with E-state index in [4.69, 9.17) is 4.74 Å². The van der Waals surface area contributed by atoms with E-state index in [0.29, 0.717) is 16.9 Å². The smallest absolute Gasteiger partial charge is 0.206 e. The summed E-state index contributed by atoms with van der Waals surface area (Å²) in [5, 5.41) is 9.49. The molecule has 1 N–H and O–H groups in total. The molecule has 0 saturated heterocycles. The maximum Gasteiger partial charge on any atom is 0.206 e. The molecule has 106 valence electrons. The number of phenols is 1. The van der Waals surface area contributed by atoms with Crippen molar-refractivity contribution in [3.63, 3.8) is 0 Å². The van der Waals surface area contributed by atoms with Gasteiger partial charge in [-0.05, 0) is 61.4 Å². The summed E-state index contributed by atoms with van der Waals surface area (Å²) in [5.74, 6) is 0.693. The van der Waals surface area contributed by atoms with Crippen LogP contribution in [-0.4, -0.2) is 20.6 Å². The number of sulfone groups is 1. The van der Waals surface area contributed by atoms with Gasteiger partial charge in [-0.15, -0.1) is 0 Å². The van der Waals surface area contributed by atoms with Gasteiger partial charge < -0.3 is 9.84 Å². The zero-order valence-electron chi connectivity index (χ0n) is 11.5. The van der Waals surface area contributed by atoms with Gasteiger partial charge in [0.1, 0.15) is 11.5 Å². The minimum absolute atomic E-state index is 0.0791. The fourth-order valence-electron chi connectivity index (χ4n) is 1.97. The molecular weight excluding hydrogens is 276 g/mol. The molecule has 5 heteroatoms. The number of phenolic OH excluding ortho intramolecular Hbond substituents is 1. The minimum Gasteiger partial charge on any atom is -0.508 e. The first-order chi connectivity index (χ1) is 9.36. The zero-order valence-corrected chi connectivity index (χ0v) is 12.4. The summed E-state index contributed by atoms with van der Waals surface area (Å²) >= 11 is 0. The second kappa shape index (κ2) is 5.17. The lowest BCUT2D eigenvalue weighted by atomic mass is 10.2. The first kappa shape index (κ1) is 14.4. The van der Waals surface area contributed by atoms with Crippen molar-refractivity contribution in [1.29, 1.82) is 0 Å². The van der Waals surface area contributed by atoms with Crippen LogP contribution >= 0.6 is 0 Å². The van der Waals surface area contributed by atoms with E-state index in [1.54, 1.807) is 26.0 Å². The van der Waals surface area contributed by atoms with Crippen molar-refractivity contribution < 1.29 is 18.3 Å². The third-order valence-corrected chi connectivity index (χ3v) is 5.06. The molecule has 0 bridgehead atoms. The van der Waals surface area contributed by atoms with Crippen molar-refractivity contribution in [1.82, 2.24) is 0 Å². The summed E-state index contributed by atoms with van der Waals surface area (Å²) in [6.07, 6.45) is 0. The van der Waals surface area contributed by atoms with Gasteiger partial charge in [-0.1, -0.05) is 0 Å². The Morgan fingerprint density at radius 1 is 1.00 bits per heavy atom. The third-order valence-electron chi connectivity index (χ3n) is 3.15. The first-order valence-electron chi connectivity index (χ1n) is 6.05. The average Bonchev–Trinajstić information content (AvgIpc) is 2.41. The minimum atomic E-state index is -3.60. The van der Waals surface area contributed by atoms with E-state index in [-0.39, 0.29) is 15.5 Å². The van der Waals surface area contributed by atoms with Crippen LogP contribution in [0, 0.1) is 13.8 Å². The fraction of sp³-hybridized carbons (Fsp3) is 0.200. The Hall–Kier alpha value is -2.01. The van der Waals surface area contributed by atoms with E-state index in [0.717, 1.165) is 0 Å². The predicted octanol–water partition coefficient (Wildman–Crippen LogP) is 2.85. The Morgan fingerprint density at radius 2 is 1.70 bits per heavy atom. The highest BCUT2D eigenvalue weighted by Gasteiger charge is 2.20. The Balaban J connectivity index is 2.57. The van der Waals surface area contributed by atoms with Crippen molar-refractivity contribution in [2.24, 2.45) is 0 Å². The fourth-order valence-corrected chi connectivity index (χ4v) is 3.54. The molecule has 0 saturated carbocycles. The Kier molecular flexibility index (Phi) is 3.72. The monoisotopic (exact) mass is 292 g/mol. The van der Waals surface area contributed by atoms with Crippen LogP contribution in [0.2, 0.25) is 0 Å². The second-order valence-electron chi connectivity index (χ2n) is 4.58. The SMILES string of the molecule is COc1ccc(S(=O)(=O)c2ccc(O)c(C)c2)c(C)c1. The normalized spacial score (nSPS) is 11.3. The Labute approximate surface area is 118 Å². The van der Waals surface area contributed by atoms with Gasteiger partial charge in [-0.2, -0.15) is 0 Å². The molecule has 0 spiro atoms. The van der Waals surface area contributed by atoms with Crippen LogP contribution in [0.3, 0.4) is 0 Å². The molecule has 0 atom stereocenters. The molecule has 0 radical (unpaired) electrons. The number of ether oxygens (including phenoxy) is 1. The molecule has 0 unspecified atom stereocenters. The molecule has 2 aromatic carbocycles. The molecule has 0 aliphatic rings. The lowest BCUT2D eigenvalue weighted by Crippen LogP contribution is -2.04. The van der Waals surface area contributed by atoms with E-state index in [9.17, 15) is 13.5 Å². The summed E-state index contributed by atoms with van der Waals surface area (Å²) in [4.78, 5) is 0.407. The Bertz CT molecular complexity index is 748. The van der Waals surface area contributed by atoms with Gasteiger partial charge in [0, 0.05) is 0 Å². The third kappa shape index (κ3) is 2.49. The summed E-state index contributed by atoms with van der Waals surface area (Å²) in [5.41, 5.74) is 1.15. The molecule has 2 rings (SSSR count). The lowest BCUT2D eigenvalue weighted by Gasteiger charge is -2.10. The van der Waals surface area contributed by atoms with Gasteiger partial charge in [0.05, 0.1) is 16.9 Å². The van der Waals surface area contributed by atoms with Crippen molar-refractivity contribution >= 4 is 9.84 Å². The maximum atomic E-state index is 12.6. The van der Waals surface area contributed by atoms with Crippen LogP contribution in [-0.2, 0) is 9.84 Å². The van der Waals surface area contributed by atoms with Crippen LogP contribution in [0.15, 0.2) is 46.2 Å². The van der Waals surface area contributed by atoms with Gasteiger partial charge in [0.25, 0.3) is 0 Å². The number of hydrogen-bond donors (Lipinski definition) is 1. The van der Waals surface area contributed by atoms with Crippen molar-refractivity contribution in [2.75, 3.05) is 7.11 Å². The van der Waals surface area contributed by atoms with Crippen LogP contribution in [0.4, 0.5) is 0 Å². The quantitative estimate of drug-likeness (QED) is 0.945. The van der Waals surface area contributed by atoms with Gasteiger partial charge in [0.15, 0.2) is 0 Å². The number of aromatic hydroxyl groups is 1. The van der Waals surface area contributed by atoms with E-state index in [2.05, 4.69) is 0 Å². The van der Waals surface area contributed by atoms with Crippen molar-refractivity contribution in [3.8, 4) is 11.5 Å². The molecule has 0 aromatic heterocycles. The zero-order chi connectivity index (χ0) is 14.9. The largest absolute Gasteiger partial charge is 0.508 e. The average molecular weight is 292 g/mol. The van der Waals surface area contributed by atoms with E-state index in [1.807, 2.05) is 0 Å². The summed E-state index contributed by atoms with van der Waals surface area (Å²) in [7, 11) is -2.07. The molecule has 0 amide bonds. The van der Waals surface area contributed by atoms with Crippen molar-refractivity contribution in [2.45, 2.75) is 23.6 Å². The van der Waals surface area contributed by atoms with Crippen LogP contribution in [0.5, 0.6) is 11.5 Å². The maximum absolute atomic E-state index is 12.6. The summed E-state index contributed by atoms with van der Waals surface area (Å²) in [6.45, 7) is 3.39. The molecular formula is C15H16O4S. The Morgan fingerprint density at radius 3 is 2.25 bits per heavy atom. The lowest BCUT2D eigenvalue weighted by molar-refractivity contribution is 0.414. The first-order valence-corrected chi connectivity index (χ1v) is 7.54. The number of rotatable bonds is 3. The van der Waals surface area contributed by atoms with Crippen LogP contribution < -0.4 is 4.74 Å². The number of hydrogen-bond acceptors (Lipinski definition) is 4. The van der Waals surface area contributed by atoms with Gasteiger partial charge in [0.2, 0.25) is 9.84 Å². The van der Waals surface area contributed by atoms with Gasteiger partial charge in [-0.25, -0.2) is 8.42 Å². The number of benzene rings is 2. The predicted molar refractivity (Wildman–Crippen MR) is 76.0 cm³/mol. The topological polar surface area (TPSA) is 63.6 Å². The highest BCUT2D eigenvalue weighted by Crippen LogP contribution is 2.29. The van der Waals surface area contributed by atoms with Crippen LogP contribution in [0.1, 0.15) is 11.1 Å². The highest BCUT2D eigenvalue weighted by atomic mass is 32.2. The van der Waals surface area contributed by atoms with Gasteiger partial charge >= 0.3 is 0 Å².